The van der Waals surface area contributed by atoms with E-state index in [0.29, 0.717) is 23.8 Å². The molecule has 16 heavy (non-hydrogen) atoms. The molecule has 0 aromatic heterocycles. The van der Waals surface area contributed by atoms with E-state index in [4.69, 9.17) is 10.5 Å². The van der Waals surface area contributed by atoms with Crippen molar-refractivity contribution in [2.45, 2.75) is 33.1 Å². The molecular formula is C13H19NO2. The second-order valence-electron chi connectivity index (χ2n) is 3.93. The molecular weight excluding hydrogens is 202 g/mol. The van der Waals surface area contributed by atoms with E-state index in [0.717, 1.165) is 12.8 Å². The van der Waals surface area contributed by atoms with Gasteiger partial charge < -0.3 is 10.5 Å². The summed E-state index contributed by atoms with van der Waals surface area (Å²) >= 11 is 0. The third-order valence-electron chi connectivity index (χ3n) is 2.72. The molecule has 88 valence electrons. The molecule has 0 spiro atoms. The fraction of sp³-hybridized carbons (Fsp3) is 0.462. The third-order valence-corrected chi connectivity index (χ3v) is 2.72. The number of carbonyl (C=O) groups is 1. The Hall–Kier alpha value is -1.51. The predicted octanol–water partition coefficient (Wildman–Crippen LogP) is 3.00. The molecule has 0 saturated carbocycles. The summed E-state index contributed by atoms with van der Waals surface area (Å²) in [7, 11) is 0. The lowest BCUT2D eigenvalue weighted by Crippen LogP contribution is -2.13. The van der Waals surface area contributed by atoms with Gasteiger partial charge in [0.15, 0.2) is 0 Å². The number of esters is 1. The van der Waals surface area contributed by atoms with Crippen LogP contribution in [-0.4, -0.2) is 5.97 Å². The smallest absolute Gasteiger partial charge is 0.311 e. The Morgan fingerprint density at radius 3 is 2.31 bits per heavy atom. The number of rotatable bonds is 5. The molecule has 3 nitrogen and oxygen atoms in total. The molecule has 0 amide bonds. The van der Waals surface area contributed by atoms with Gasteiger partial charge in [0.05, 0.1) is 0 Å². The van der Waals surface area contributed by atoms with Crippen molar-refractivity contribution in [1.82, 2.24) is 0 Å². The summed E-state index contributed by atoms with van der Waals surface area (Å²) in [5.74, 6) is 0.810. The normalized spacial score (nSPS) is 10.4. The van der Waals surface area contributed by atoms with Crippen molar-refractivity contribution in [2.24, 2.45) is 5.92 Å². The first-order valence-corrected chi connectivity index (χ1v) is 5.71. The lowest BCUT2D eigenvalue weighted by molar-refractivity contribution is -0.135. The zero-order valence-electron chi connectivity index (χ0n) is 9.90. The van der Waals surface area contributed by atoms with Crippen LogP contribution in [0.1, 0.15) is 33.1 Å². The Balaban J connectivity index is 2.48. The fourth-order valence-electron chi connectivity index (χ4n) is 1.52. The number of nitrogens with two attached hydrogens (primary N) is 1. The Morgan fingerprint density at radius 1 is 1.25 bits per heavy atom. The van der Waals surface area contributed by atoms with E-state index in [1.54, 1.807) is 24.3 Å². The maximum atomic E-state index is 11.6. The van der Waals surface area contributed by atoms with E-state index in [1.165, 1.54) is 0 Å². The standard InChI is InChI=1S/C13H19NO2/c1-3-10(4-2)9-13(15)16-12-7-5-11(14)6-8-12/h5-8,10H,3-4,9,14H2,1-2H3. The molecule has 0 heterocycles. The zero-order valence-corrected chi connectivity index (χ0v) is 9.90. The first kappa shape index (κ1) is 12.6. The SMILES string of the molecule is CCC(CC)CC(=O)Oc1ccc(N)cc1. The second kappa shape index (κ2) is 6.16. The zero-order chi connectivity index (χ0) is 12.0. The van der Waals surface area contributed by atoms with E-state index in [-0.39, 0.29) is 5.97 Å². The van der Waals surface area contributed by atoms with Crippen molar-refractivity contribution in [3.05, 3.63) is 24.3 Å². The summed E-state index contributed by atoms with van der Waals surface area (Å²) in [5.41, 5.74) is 6.21. The van der Waals surface area contributed by atoms with Gasteiger partial charge in [-0.3, -0.25) is 4.79 Å². The molecule has 0 saturated heterocycles. The van der Waals surface area contributed by atoms with Gasteiger partial charge in [-0.25, -0.2) is 0 Å². The van der Waals surface area contributed by atoms with Gasteiger partial charge in [0.1, 0.15) is 5.75 Å². The first-order valence-electron chi connectivity index (χ1n) is 5.71. The summed E-state index contributed by atoms with van der Waals surface area (Å²) in [6, 6.07) is 6.86. The topological polar surface area (TPSA) is 52.3 Å². The highest BCUT2D eigenvalue weighted by atomic mass is 16.5. The maximum Gasteiger partial charge on any atom is 0.311 e. The van der Waals surface area contributed by atoms with Gasteiger partial charge in [0, 0.05) is 12.1 Å². The highest BCUT2D eigenvalue weighted by molar-refractivity contribution is 5.72. The summed E-state index contributed by atoms with van der Waals surface area (Å²) in [4.78, 5) is 11.6. The summed E-state index contributed by atoms with van der Waals surface area (Å²) in [6.07, 6.45) is 2.50. The summed E-state index contributed by atoms with van der Waals surface area (Å²) in [5, 5.41) is 0. The predicted molar refractivity (Wildman–Crippen MR) is 65.2 cm³/mol. The van der Waals surface area contributed by atoms with Gasteiger partial charge in [-0.2, -0.15) is 0 Å². The minimum absolute atomic E-state index is 0.168. The average Bonchev–Trinajstić information content (AvgIpc) is 2.29. The van der Waals surface area contributed by atoms with Crippen LogP contribution in [0.3, 0.4) is 0 Å². The number of hydrogen-bond donors (Lipinski definition) is 1. The molecule has 2 N–H and O–H groups in total. The molecule has 0 bridgehead atoms. The molecule has 0 fully saturated rings. The maximum absolute atomic E-state index is 11.6. The molecule has 1 aromatic carbocycles. The van der Waals surface area contributed by atoms with E-state index in [9.17, 15) is 4.79 Å². The highest BCUT2D eigenvalue weighted by Crippen LogP contribution is 2.17. The van der Waals surface area contributed by atoms with Crippen molar-refractivity contribution in [1.29, 1.82) is 0 Å². The lowest BCUT2D eigenvalue weighted by atomic mass is 10.00. The van der Waals surface area contributed by atoms with E-state index < -0.39 is 0 Å². The van der Waals surface area contributed by atoms with Crippen LogP contribution < -0.4 is 10.5 Å². The van der Waals surface area contributed by atoms with Crippen LogP contribution in [0.5, 0.6) is 5.75 Å². The monoisotopic (exact) mass is 221 g/mol. The van der Waals surface area contributed by atoms with Crippen LogP contribution >= 0.6 is 0 Å². The van der Waals surface area contributed by atoms with Crippen LogP contribution in [0.2, 0.25) is 0 Å². The fourth-order valence-corrected chi connectivity index (χ4v) is 1.52. The second-order valence-corrected chi connectivity index (χ2v) is 3.93. The highest BCUT2D eigenvalue weighted by Gasteiger charge is 2.11. The molecule has 0 unspecified atom stereocenters. The Morgan fingerprint density at radius 2 is 1.81 bits per heavy atom. The van der Waals surface area contributed by atoms with Crippen molar-refractivity contribution in [3.63, 3.8) is 0 Å². The van der Waals surface area contributed by atoms with Gasteiger partial charge >= 0.3 is 5.97 Å². The number of anilines is 1. The van der Waals surface area contributed by atoms with Gasteiger partial charge in [0.25, 0.3) is 0 Å². The molecule has 0 radical (unpaired) electrons. The quantitative estimate of drug-likeness (QED) is 0.472. The van der Waals surface area contributed by atoms with E-state index in [2.05, 4.69) is 13.8 Å². The van der Waals surface area contributed by atoms with Crippen molar-refractivity contribution >= 4 is 11.7 Å². The Labute approximate surface area is 96.6 Å². The Bertz CT molecular complexity index is 328. The minimum atomic E-state index is -0.168. The Kier molecular flexibility index (Phi) is 4.83. The molecule has 0 aliphatic carbocycles. The van der Waals surface area contributed by atoms with Crippen LogP contribution in [0, 0.1) is 5.92 Å². The third kappa shape index (κ3) is 3.93. The number of hydrogen-bond acceptors (Lipinski definition) is 3. The van der Waals surface area contributed by atoms with Crippen LogP contribution in [0.25, 0.3) is 0 Å². The molecule has 1 aromatic rings. The number of nitrogen functional groups attached to an aromatic ring is 1. The molecule has 0 aliphatic heterocycles. The van der Waals surface area contributed by atoms with Crippen molar-refractivity contribution < 1.29 is 9.53 Å². The van der Waals surface area contributed by atoms with E-state index >= 15 is 0 Å². The number of ether oxygens (including phenoxy) is 1. The summed E-state index contributed by atoms with van der Waals surface area (Å²) in [6.45, 7) is 4.18. The van der Waals surface area contributed by atoms with Crippen LogP contribution in [0.15, 0.2) is 24.3 Å². The molecule has 0 atom stereocenters. The van der Waals surface area contributed by atoms with Crippen molar-refractivity contribution in [2.75, 3.05) is 5.73 Å². The number of carbonyl (C=O) groups excluding carboxylic acids is 1. The van der Waals surface area contributed by atoms with Crippen LogP contribution in [0.4, 0.5) is 5.69 Å². The molecule has 3 heteroatoms. The lowest BCUT2D eigenvalue weighted by Gasteiger charge is -2.11. The van der Waals surface area contributed by atoms with Gasteiger partial charge in [-0.1, -0.05) is 26.7 Å². The minimum Gasteiger partial charge on any atom is -0.427 e. The van der Waals surface area contributed by atoms with E-state index in [1.807, 2.05) is 0 Å². The molecule has 1 rings (SSSR count). The van der Waals surface area contributed by atoms with Crippen molar-refractivity contribution in [3.8, 4) is 5.75 Å². The largest absolute Gasteiger partial charge is 0.427 e. The first-order chi connectivity index (χ1) is 7.65. The molecule has 0 aliphatic rings. The number of benzene rings is 1. The van der Waals surface area contributed by atoms with Gasteiger partial charge in [-0.15, -0.1) is 0 Å². The van der Waals surface area contributed by atoms with Crippen LogP contribution in [-0.2, 0) is 4.79 Å². The van der Waals surface area contributed by atoms with Gasteiger partial charge in [-0.05, 0) is 30.2 Å². The summed E-state index contributed by atoms with van der Waals surface area (Å²) < 4.78 is 5.21. The average molecular weight is 221 g/mol. The van der Waals surface area contributed by atoms with Gasteiger partial charge in [0.2, 0.25) is 0 Å².